The molecule has 1 aromatic heterocycles. The number of rotatable bonds is 3. The molecule has 2 aromatic carbocycles. The molecule has 0 aliphatic carbocycles. The van der Waals surface area contributed by atoms with Crippen molar-refractivity contribution in [2.75, 3.05) is 5.73 Å². The molecule has 1 heterocycles. The van der Waals surface area contributed by atoms with E-state index in [4.69, 9.17) is 5.73 Å². The number of nitrogens with zero attached hydrogens (tertiary/aromatic N) is 4. The summed E-state index contributed by atoms with van der Waals surface area (Å²) in [6, 6.07) is 17.3. The van der Waals surface area contributed by atoms with Crippen LogP contribution < -0.4 is 5.73 Å². The summed E-state index contributed by atoms with van der Waals surface area (Å²) >= 11 is 0. The summed E-state index contributed by atoms with van der Waals surface area (Å²) in [4.78, 5) is 0. The highest BCUT2D eigenvalue weighted by Gasteiger charge is 2.12. The summed E-state index contributed by atoms with van der Waals surface area (Å²) in [5.74, 6) is 0. The van der Waals surface area contributed by atoms with Crippen molar-refractivity contribution in [3.05, 3.63) is 66.0 Å². The Morgan fingerprint density at radius 2 is 1.59 bits per heavy atom. The minimum Gasteiger partial charge on any atom is -0.399 e. The SMILES string of the molecule is Cc1nn(-c2ccccc2)c(C)c1N=Nc1ccc(N)cc1. The second-order valence-corrected chi connectivity index (χ2v) is 5.06. The topological polar surface area (TPSA) is 68.6 Å². The molecule has 2 N–H and O–H groups in total. The zero-order valence-corrected chi connectivity index (χ0v) is 12.6. The number of nitrogens with two attached hydrogens (primary N) is 1. The second kappa shape index (κ2) is 5.81. The van der Waals surface area contributed by atoms with E-state index < -0.39 is 0 Å². The van der Waals surface area contributed by atoms with Crippen LogP contribution in [0.15, 0.2) is 64.8 Å². The lowest BCUT2D eigenvalue weighted by atomic mass is 10.3. The molecular formula is C17H17N5. The van der Waals surface area contributed by atoms with Crippen LogP contribution in [0.2, 0.25) is 0 Å². The molecule has 0 aliphatic rings. The summed E-state index contributed by atoms with van der Waals surface area (Å²) in [5.41, 5.74) is 10.8. The lowest BCUT2D eigenvalue weighted by molar-refractivity contribution is 0.833. The first-order chi connectivity index (χ1) is 10.6. The number of azo groups is 1. The van der Waals surface area contributed by atoms with E-state index in [1.54, 1.807) is 0 Å². The van der Waals surface area contributed by atoms with E-state index in [1.165, 1.54) is 0 Å². The number of aryl methyl sites for hydroxylation is 1. The molecule has 22 heavy (non-hydrogen) atoms. The molecule has 0 fully saturated rings. The van der Waals surface area contributed by atoms with Crippen molar-refractivity contribution < 1.29 is 0 Å². The molecule has 0 spiro atoms. The fraction of sp³-hybridized carbons (Fsp3) is 0.118. The number of anilines is 1. The summed E-state index contributed by atoms with van der Waals surface area (Å²) < 4.78 is 1.88. The standard InChI is InChI=1S/C17H17N5/c1-12-17(20-19-15-10-8-14(18)9-11-15)13(2)22(21-12)16-6-4-3-5-7-16/h3-11H,18H2,1-2H3. The van der Waals surface area contributed by atoms with Gasteiger partial charge in [0.15, 0.2) is 0 Å². The van der Waals surface area contributed by atoms with Crippen LogP contribution in [0, 0.1) is 13.8 Å². The molecular weight excluding hydrogens is 274 g/mol. The van der Waals surface area contributed by atoms with E-state index in [0.29, 0.717) is 5.69 Å². The van der Waals surface area contributed by atoms with Crippen molar-refractivity contribution in [1.82, 2.24) is 9.78 Å². The van der Waals surface area contributed by atoms with Gasteiger partial charge in [0.05, 0.1) is 22.8 Å². The minimum atomic E-state index is 0.711. The van der Waals surface area contributed by atoms with Gasteiger partial charge in [-0.05, 0) is 50.2 Å². The molecule has 5 heteroatoms. The van der Waals surface area contributed by atoms with Gasteiger partial charge in [0.25, 0.3) is 0 Å². The van der Waals surface area contributed by atoms with E-state index >= 15 is 0 Å². The summed E-state index contributed by atoms with van der Waals surface area (Å²) in [6.07, 6.45) is 0. The molecule has 0 bridgehead atoms. The van der Waals surface area contributed by atoms with Crippen LogP contribution in [0.5, 0.6) is 0 Å². The molecule has 0 radical (unpaired) electrons. The number of nitrogen functional groups attached to an aromatic ring is 1. The molecule has 0 saturated carbocycles. The molecule has 0 saturated heterocycles. The Labute approximate surface area is 129 Å². The highest BCUT2D eigenvalue weighted by molar-refractivity contribution is 5.51. The molecule has 0 amide bonds. The smallest absolute Gasteiger partial charge is 0.130 e. The summed E-state index contributed by atoms with van der Waals surface area (Å²) in [7, 11) is 0. The van der Waals surface area contributed by atoms with Crippen molar-refractivity contribution in [1.29, 1.82) is 0 Å². The molecule has 110 valence electrons. The van der Waals surface area contributed by atoms with Gasteiger partial charge in [0.1, 0.15) is 5.69 Å². The quantitative estimate of drug-likeness (QED) is 0.570. The van der Waals surface area contributed by atoms with Gasteiger partial charge in [-0.2, -0.15) is 10.2 Å². The lowest BCUT2D eigenvalue weighted by Gasteiger charge is -2.03. The van der Waals surface area contributed by atoms with Gasteiger partial charge in [0, 0.05) is 5.69 Å². The molecule has 0 aliphatic heterocycles. The van der Waals surface area contributed by atoms with Crippen molar-refractivity contribution in [2.24, 2.45) is 10.2 Å². The van der Waals surface area contributed by atoms with Gasteiger partial charge in [-0.15, -0.1) is 5.11 Å². The maximum Gasteiger partial charge on any atom is 0.130 e. The number of hydrogen-bond acceptors (Lipinski definition) is 4. The van der Waals surface area contributed by atoms with Gasteiger partial charge in [0.2, 0.25) is 0 Å². The third-order valence-corrected chi connectivity index (χ3v) is 3.41. The van der Waals surface area contributed by atoms with Gasteiger partial charge in [-0.25, -0.2) is 4.68 Å². The molecule has 0 atom stereocenters. The third-order valence-electron chi connectivity index (χ3n) is 3.41. The molecule has 0 unspecified atom stereocenters. The Balaban J connectivity index is 1.95. The van der Waals surface area contributed by atoms with Gasteiger partial charge in [-0.1, -0.05) is 18.2 Å². The number of para-hydroxylation sites is 1. The minimum absolute atomic E-state index is 0.711. The highest BCUT2D eigenvalue weighted by Crippen LogP contribution is 2.27. The Morgan fingerprint density at radius 3 is 2.27 bits per heavy atom. The van der Waals surface area contributed by atoms with Gasteiger partial charge in [-0.3, -0.25) is 0 Å². The highest BCUT2D eigenvalue weighted by atomic mass is 15.3. The van der Waals surface area contributed by atoms with Crippen molar-refractivity contribution in [3.63, 3.8) is 0 Å². The van der Waals surface area contributed by atoms with Crippen LogP contribution in [0.4, 0.5) is 17.1 Å². The van der Waals surface area contributed by atoms with E-state index in [1.807, 2.05) is 73.1 Å². The first-order valence-corrected chi connectivity index (χ1v) is 7.04. The number of benzene rings is 2. The average Bonchev–Trinajstić information content (AvgIpc) is 2.82. The zero-order valence-electron chi connectivity index (χ0n) is 12.6. The first kappa shape index (κ1) is 14.0. The number of hydrogen-bond donors (Lipinski definition) is 1. The average molecular weight is 291 g/mol. The van der Waals surface area contributed by atoms with Crippen molar-refractivity contribution in [2.45, 2.75) is 13.8 Å². The molecule has 3 rings (SSSR count). The predicted molar refractivity (Wildman–Crippen MR) is 88.1 cm³/mol. The van der Waals surface area contributed by atoms with Crippen molar-refractivity contribution >= 4 is 17.1 Å². The molecule has 5 nitrogen and oxygen atoms in total. The Kier molecular flexibility index (Phi) is 3.70. The monoisotopic (exact) mass is 291 g/mol. The Bertz CT molecular complexity index is 801. The fourth-order valence-corrected chi connectivity index (χ4v) is 2.25. The van der Waals surface area contributed by atoms with Crippen LogP contribution in [0.3, 0.4) is 0 Å². The van der Waals surface area contributed by atoms with Crippen molar-refractivity contribution in [3.8, 4) is 5.69 Å². The van der Waals surface area contributed by atoms with E-state index in [9.17, 15) is 0 Å². The first-order valence-electron chi connectivity index (χ1n) is 7.04. The van der Waals surface area contributed by atoms with E-state index in [0.717, 1.165) is 28.5 Å². The van der Waals surface area contributed by atoms with Crippen LogP contribution in [-0.2, 0) is 0 Å². The largest absolute Gasteiger partial charge is 0.399 e. The Morgan fingerprint density at radius 1 is 0.909 bits per heavy atom. The van der Waals surface area contributed by atoms with E-state index in [-0.39, 0.29) is 0 Å². The van der Waals surface area contributed by atoms with Crippen LogP contribution in [0.25, 0.3) is 5.69 Å². The van der Waals surface area contributed by atoms with E-state index in [2.05, 4.69) is 15.3 Å². The molecule has 3 aromatic rings. The Hall–Kier alpha value is -2.95. The zero-order chi connectivity index (χ0) is 15.5. The van der Waals surface area contributed by atoms with Gasteiger partial charge < -0.3 is 5.73 Å². The normalized spacial score (nSPS) is 11.2. The van der Waals surface area contributed by atoms with Crippen LogP contribution in [-0.4, -0.2) is 9.78 Å². The second-order valence-electron chi connectivity index (χ2n) is 5.06. The number of aromatic nitrogens is 2. The van der Waals surface area contributed by atoms with Crippen LogP contribution >= 0.6 is 0 Å². The maximum atomic E-state index is 5.66. The summed E-state index contributed by atoms with van der Waals surface area (Å²) in [6.45, 7) is 3.92. The lowest BCUT2D eigenvalue weighted by Crippen LogP contribution is -1.98. The van der Waals surface area contributed by atoms with Gasteiger partial charge >= 0.3 is 0 Å². The predicted octanol–water partition coefficient (Wildman–Crippen LogP) is 4.49. The van der Waals surface area contributed by atoms with Crippen LogP contribution in [0.1, 0.15) is 11.4 Å². The maximum absolute atomic E-state index is 5.66. The third kappa shape index (κ3) is 2.74. The fourth-order valence-electron chi connectivity index (χ4n) is 2.25. The summed E-state index contributed by atoms with van der Waals surface area (Å²) in [5, 5.41) is 13.2.